The second-order valence-electron chi connectivity index (χ2n) is 16.3. The third-order valence-corrected chi connectivity index (χ3v) is 9.55. The van der Waals surface area contributed by atoms with Crippen molar-refractivity contribution >= 4 is 44.8 Å². The van der Waals surface area contributed by atoms with Gasteiger partial charge in [0.2, 0.25) is 6.54 Å². The maximum Gasteiger partial charge on any atom is 0.203 e. The zero-order valence-electron chi connectivity index (χ0n) is 33.2. The minimum Gasteiger partial charge on any atom is -0.341 e. The van der Waals surface area contributed by atoms with Gasteiger partial charge in [0.1, 0.15) is 16.6 Å². The van der Waals surface area contributed by atoms with Crippen LogP contribution in [0.3, 0.4) is 0 Å². The van der Waals surface area contributed by atoms with Crippen LogP contribution in [0.25, 0.3) is 44.3 Å². The fourth-order valence-corrected chi connectivity index (χ4v) is 7.32. The van der Waals surface area contributed by atoms with Crippen molar-refractivity contribution in [3.63, 3.8) is 0 Å². The van der Waals surface area contributed by atoms with E-state index < -0.39 is 0 Å². The normalized spacial score (nSPS) is 11.9. The van der Waals surface area contributed by atoms with E-state index in [-0.39, 0.29) is 0 Å². The van der Waals surface area contributed by atoms with Gasteiger partial charge in [-0.05, 0) is 82.2 Å². The molecule has 0 bridgehead atoms. The van der Waals surface area contributed by atoms with E-state index in [1.54, 1.807) is 0 Å². The minimum absolute atomic E-state index is 0.392. The number of rotatable bonds is 14. The average molecular weight is 720 g/mol. The molecule has 8 nitrogen and oxygen atoms in total. The Morgan fingerprint density at radius 1 is 0.519 bits per heavy atom. The van der Waals surface area contributed by atoms with Crippen molar-refractivity contribution in [2.75, 3.05) is 22.9 Å². The predicted molar refractivity (Wildman–Crippen MR) is 224 cm³/mol. The van der Waals surface area contributed by atoms with E-state index in [2.05, 4.69) is 179 Å². The highest BCUT2D eigenvalue weighted by Gasteiger charge is 2.28. The number of hydrogen-bond acceptors (Lipinski definition) is 5. The van der Waals surface area contributed by atoms with E-state index in [0.29, 0.717) is 23.7 Å². The van der Waals surface area contributed by atoms with Crippen molar-refractivity contribution < 1.29 is 4.80 Å². The largest absolute Gasteiger partial charge is 0.341 e. The van der Waals surface area contributed by atoms with Gasteiger partial charge in [-0.15, -0.1) is 5.10 Å². The lowest BCUT2D eigenvalue weighted by Crippen LogP contribution is -2.41. The SMILES string of the molecule is CC(C)CN(c1ccccc1)c1ccc(-c2c3nn(CC(C)C)nc3c(-c3ccc(N(CC(C)C)c4ccccc4)cc3)c3[nH][n+](CC(C)C)nc23)cc1. The van der Waals surface area contributed by atoms with Crippen molar-refractivity contribution in [3.05, 3.63) is 109 Å². The third-order valence-electron chi connectivity index (χ3n) is 9.55. The second-order valence-corrected chi connectivity index (χ2v) is 16.3. The molecule has 7 rings (SSSR count). The molecule has 0 unspecified atom stereocenters. The van der Waals surface area contributed by atoms with Crippen LogP contribution in [-0.2, 0) is 13.1 Å². The van der Waals surface area contributed by atoms with Gasteiger partial charge in [-0.2, -0.15) is 15.0 Å². The first kappa shape index (κ1) is 36.8. The van der Waals surface area contributed by atoms with Crippen molar-refractivity contribution in [2.45, 2.75) is 68.5 Å². The molecule has 0 aliphatic heterocycles. The number of fused-ring (bicyclic) bond motifs is 2. The Morgan fingerprint density at radius 2 is 0.963 bits per heavy atom. The van der Waals surface area contributed by atoms with Crippen LogP contribution in [0.15, 0.2) is 109 Å². The van der Waals surface area contributed by atoms with Crippen LogP contribution in [0.1, 0.15) is 55.4 Å². The fraction of sp³-hybridized carbons (Fsp3) is 0.348. The number of nitrogens with zero attached hydrogens (tertiary/aromatic N) is 7. The lowest BCUT2D eigenvalue weighted by molar-refractivity contribution is -0.804. The molecule has 54 heavy (non-hydrogen) atoms. The topological polar surface area (TPSA) is 69.8 Å². The maximum absolute atomic E-state index is 5.26. The Kier molecular flexibility index (Phi) is 10.8. The minimum atomic E-state index is 0.392. The van der Waals surface area contributed by atoms with Gasteiger partial charge in [0, 0.05) is 58.0 Å². The first-order valence-corrected chi connectivity index (χ1v) is 19.6. The molecule has 2 heterocycles. The van der Waals surface area contributed by atoms with Gasteiger partial charge in [-0.25, -0.2) is 0 Å². The first-order valence-electron chi connectivity index (χ1n) is 19.6. The number of aromatic amines is 1. The summed E-state index contributed by atoms with van der Waals surface area (Å²) in [5.74, 6) is 1.81. The number of benzene rings is 5. The van der Waals surface area contributed by atoms with Gasteiger partial charge in [-0.3, -0.25) is 0 Å². The van der Waals surface area contributed by atoms with Crippen molar-refractivity contribution in [3.8, 4) is 22.3 Å². The number of anilines is 4. The summed E-state index contributed by atoms with van der Waals surface area (Å²) in [6.07, 6.45) is 0. The zero-order valence-corrected chi connectivity index (χ0v) is 33.2. The van der Waals surface area contributed by atoms with Gasteiger partial charge in [-0.1, -0.05) is 116 Å². The maximum atomic E-state index is 5.26. The molecule has 278 valence electrons. The molecule has 0 saturated heterocycles. The Labute approximate surface area is 320 Å². The van der Waals surface area contributed by atoms with Crippen LogP contribution in [0, 0.1) is 23.7 Å². The molecule has 0 atom stereocenters. The predicted octanol–water partition coefficient (Wildman–Crippen LogP) is 10.8. The highest BCUT2D eigenvalue weighted by molar-refractivity contribution is 6.16. The summed E-state index contributed by atoms with van der Waals surface area (Å²) in [6, 6.07) is 39.2. The second kappa shape index (κ2) is 15.8. The molecule has 0 radical (unpaired) electrons. The lowest BCUT2D eigenvalue weighted by Gasteiger charge is -2.27. The molecule has 1 N–H and O–H groups in total. The van der Waals surface area contributed by atoms with Gasteiger partial charge >= 0.3 is 0 Å². The summed E-state index contributed by atoms with van der Waals surface area (Å²) in [5.41, 5.74) is 12.5. The molecular weight excluding hydrogens is 665 g/mol. The summed E-state index contributed by atoms with van der Waals surface area (Å²) < 4.78 is 0. The Bertz CT molecular complexity index is 2070. The molecule has 0 fully saturated rings. The summed E-state index contributed by atoms with van der Waals surface area (Å²) >= 11 is 0. The van der Waals surface area contributed by atoms with Crippen LogP contribution in [0.5, 0.6) is 0 Å². The fourth-order valence-electron chi connectivity index (χ4n) is 7.32. The van der Waals surface area contributed by atoms with Gasteiger partial charge in [0.05, 0.1) is 6.54 Å². The molecule has 0 aliphatic carbocycles. The van der Waals surface area contributed by atoms with Crippen LogP contribution >= 0.6 is 0 Å². The Hall–Kier alpha value is -5.50. The van der Waals surface area contributed by atoms with Gasteiger partial charge < -0.3 is 9.80 Å². The average Bonchev–Trinajstić information content (AvgIpc) is 3.75. The highest BCUT2D eigenvalue weighted by Crippen LogP contribution is 2.42. The van der Waals surface area contributed by atoms with E-state index in [4.69, 9.17) is 15.3 Å². The van der Waals surface area contributed by atoms with E-state index >= 15 is 0 Å². The summed E-state index contributed by atoms with van der Waals surface area (Å²) in [6.45, 7) is 21.3. The molecule has 0 amide bonds. The van der Waals surface area contributed by atoms with Crippen LogP contribution in [0.4, 0.5) is 22.7 Å². The standard InChI is InChI=1S/C46H55N8/c1-31(2)27-51(37-15-11-9-12-16-37)39-23-19-35(20-24-39)41-43-45(49-53(47-43)29-33(5)6)42(46-44(41)48-54(50-46)30-34(7)8)36-21-25-40(26-22-36)52(28-32(3)4)38-17-13-10-14-18-38/h9-26,31-34H,27-30H2,1-8H3,(H,47,49)/q+1. The molecule has 2 aromatic heterocycles. The molecule has 7 aromatic rings. The molecule has 5 aromatic carbocycles. The third kappa shape index (κ3) is 7.88. The summed E-state index contributed by atoms with van der Waals surface area (Å²) in [5, 5.41) is 19.4. The molecule has 0 saturated carbocycles. The van der Waals surface area contributed by atoms with Crippen LogP contribution in [0.2, 0.25) is 0 Å². The summed E-state index contributed by atoms with van der Waals surface area (Å²) in [4.78, 5) is 8.67. The Morgan fingerprint density at radius 3 is 1.41 bits per heavy atom. The molecule has 8 heteroatoms. The monoisotopic (exact) mass is 719 g/mol. The zero-order chi connectivity index (χ0) is 37.9. The number of nitrogens with one attached hydrogen (secondary N) is 1. The first-order chi connectivity index (χ1) is 26.0. The number of H-pyrrole nitrogens is 1. The lowest BCUT2D eigenvalue weighted by atomic mass is 9.95. The van der Waals surface area contributed by atoms with Crippen LogP contribution in [-0.4, -0.2) is 38.3 Å². The molecule has 0 spiro atoms. The molecule has 0 aliphatic rings. The van der Waals surface area contributed by atoms with Gasteiger partial charge in [0.15, 0.2) is 5.52 Å². The van der Waals surface area contributed by atoms with E-state index in [1.165, 1.54) is 11.4 Å². The molecular formula is C46H55N8+. The van der Waals surface area contributed by atoms with Crippen molar-refractivity contribution in [1.29, 1.82) is 0 Å². The Balaban J connectivity index is 1.40. The van der Waals surface area contributed by atoms with Crippen molar-refractivity contribution in [2.24, 2.45) is 23.7 Å². The van der Waals surface area contributed by atoms with E-state index in [0.717, 1.165) is 81.9 Å². The number of aromatic nitrogens is 6. The van der Waals surface area contributed by atoms with E-state index in [1.807, 2.05) is 9.59 Å². The van der Waals surface area contributed by atoms with Gasteiger partial charge in [0.25, 0.3) is 0 Å². The quantitative estimate of drug-likeness (QED) is 0.113. The number of hydrogen-bond donors (Lipinski definition) is 1. The highest BCUT2D eigenvalue weighted by atomic mass is 15.5. The smallest absolute Gasteiger partial charge is 0.203 e. The summed E-state index contributed by atoms with van der Waals surface area (Å²) in [7, 11) is 0. The van der Waals surface area contributed by atoms with E-state index in [9.17, 15) is 0 Å². The van der Waals surface area contributed by atoms with Crippen LogP contribution < -0.4 is 14.6 Å². The number of para-hydroxylation sites is 2. The van der Waals surface area contributed by atoms with Crippen molar-refractivity contribution in [1.82, 2.24) is 25.2 Å².